The monoisotopic (exact) mass is 460 g/mol. The lowest BCUT2D eigenvalue weighted by atomic mass is 10.2. The molecule has 8 heteroatoms. The SMILES string of the molecule is O=C(c1ccccc1Br)N1CCN(Cc2nc(-c3ccc(Cl)cc3)no2)CC1. The second-order valence-corrected chi connectivity index (χ2v) is 7.86. The van der Waals surface area contributed by atoms with Crippen LogP contribution in [0.3, 0.4) is 0 Å². The molecule has 1 aromatic heterocycles. The molecule has 0 aliphatic carbocycles. The number of hydrogen-bond donors (Lipinski definition) is 0. The summed E-state index contributed by atoms with van der Waals surface area (Å²) in [5, 5.41) is 4.72. The number of hydrogen-bond acceptors (Lipinski definition) is 5. The lowest BCUT2D eigenvalue weighted by Gasteiger charge is -2.34. The van der Waals surface area contributed by atoms with E-state index in [1.807, 2.05) is 41.3 Å². The van der Waals surface area contributed by atoms with Gasteiger partial charge >= 0.3 is 0 Å². The van der Waals surface area contributed by atoms with Gasteiger partial charge in [-0.3, -0.25) is 9.69 Å². The minimum absolute atomic E-state index is 0.0509. The smallest absolute Gasteiger partial charge is 0.255 e. The van der Waals surface area contributed by atoms with Crippen LogP contribution in [0.25, 0.3) is 11.4 Å². The normalized spacial score (nSPS) is 15.0. The minimum Gasteiger partial charge on any atom is -0.338 e. The first kappa shape index (κ1) is 19.1. The Morgan fingerprint density at radius 3 is 2.50 bits per heavy atom. The van der Waals surface area contributed by atoms with Gasteiger partial charge < -0.3 is 9.42 Å². The molecule has 144 valence electrons. The van der Waals surface area contributed by atoms with E-state index in [0.29, 0.717) is 41.9 Å². The minimum atomic E-state index is 0.0509. The number of nitrogens with zero attached hydrogens (tertiary/aromatic N) is 4. The first-order valence-electron chi connectivity index (χ1n) is 8.95. The molecule has 0 atom stereocenters. The summed E-state index contributed by atoms with van der Waals surface area (Å²) in [5.74, 6) is 1.17. The Bertz CT molecular complexity index is 968. The van der Waals surface area contributed by atoms with Crippen molar-refractivity contribution in [2.24, 2.45) is 0 Å². The summed E-state index contributed by atoms with van der Waals surface area (Å²) in [6.07, 6.45) is 0. The number of piperazine rings is 1. The van der Waals surface area contributed by atoms with Crippen molar-refractivity contribution in [3.05, 3.63) is 69.5 Å². The molecular formula is C20H18BrClN4O2. The fraction of sp³-hybridized carbons (Fsp3) is 0.250. The third kappa shape index (κ3) is 4.27. The van der Waals surface area contributed by atoms with Crippen LogP contribution in [0.1, 0.15) is 16.2 Å². The maximum absolute atomic E-state index is 12.7. The Hall–Kier alpha value is -2.22. The van der Waals surface area contributed by atoms with Crippen molar-refractivity contribution in [1.29, 1.82) is 0 Å². The molecule has 0 bridgehead atoms. The Labute approximate surface area is 176 Å². The van der Waals surface area contributed by atoms with Crippen LogP contribution in [0.4, 0.5) is 0 Å². The van der Waals surface area contributed by atoms with Crippen LogP contribution in [0.5, 0.6) is 0 Å². The molecule has 2 heterocycles. The van der Waals surface area contributed by atoms with E-state index in [2.05, 4.69) is 31.0 Å². The van der Waals surface area contributed by atoms with Gasteiger partial charge in [0, 0.05) is 41.2 Å². The van der Waals surface area contributed by atoms with Crippen LogP contribution in [0, 0.1) is 0 Å². The molecule has 1 aliphatic heterocycles. The molecule has 28 heavy (non-hydrogen) atoms. The molecule has 0 spiro atoms. The van der Waals surface area contributed by atoms with Crippen molar-refractivity contribution in [1.82, 2.24) is 19.9 Å². The van der Waals surface area contributed by atoms with E-state index in [4.69, 9.17) is 16.1 Å². The van der Waals surface area contributed by atoms with Gasteiger partial charge in [-0.25, -0.2) is 0 Å². The molecule has 6 nitrogen and oxygen atoms in total. The van der Waals surface area contributed by atoms with E-state index in [0.717, 1.165) is 23.1 Å². The van der Waals surface area contributed by atoms with Gasteiger partial charge in [0.25, 0.3) is 5.91 Å². The summed E-state index contributed by atoms with van der Waals surface area (Å²) in [6.45, 7) is 3.41. The summed E-state index contributed by atoms with van der Waals surface area (Å²) in [5.41, 5.74) is 1.56. The van der Waals surface area contributed by atoms with Gasteiger partial charge in [-0.1, -0.05) is 28.9 Å². The highest BCUT2D eigenvalue weighted by molar-refractivity contribution is 9.10. The largest absolute Gasteiger partial charge is 0.338 e. The van der Waals surface area contributed by atoms with Crippen LogP contribution in [0.15, 0.2) is 57.5 Å². The van der Waals surface area contributed by atoms with Gasteiger partial charge in [0.05, 0.1) is 12.1 Å². The Kier molecular flexibility index (Phi) is 5.75. The van der Waals surface area contributed by atoms with E-state index in [1.165, 1.54) is 0 Å². The zero-order valence-corrected chi connectivity index (χ0v) is 17.4. The molecule has 1 aliphatic rings. The zero-order valence-electron chi connectivity index (χ0n) is 15.0. The summed E-state index contributed by atoms with van der Waals surface area (Å²) in [7, 11) is 0. The molecular weight excluding hydrogens is 444 g/mol. The van der Waals surface area contributed by atoms with Crippen molar-refractivity contribution in [2.45, 2.75) is 6.54 Å². The number of aromatic nitrogens is 2. The maximum Gasteiger partial charge on any atom is 0.255 e. The van der Waals surface area contributed by atoms with Crippen LogP contribution < -0.4 is 0 Å². The van der Waals surface area contributed by atoms with Crippen LogP contribution in [-0.2, 0) is 6.54 Å². The fourth-order valence-corrected chi connectivity index (χ4v) is 3.72. The summed E-state index contributed by atoms with van der Waals surface area (Å²) in [4.78, 5) is 21.3. The number of amides is 1. The summed E-state index contributed by atoms with van der Waals surface area (Å²) in [6, 6.07) is 14.8. The van der Waals surface area contributed by atoms with E-state index >= 15 is 0 Å². The molecule has 1 fully saturated rings. The molecule has 0 N–H and O–H groups in total. The third-order valence-electron chi connectivity index (χ3n) is 4.69. The average molecular weight is 462 g/mol. The molecule has 0 unspecified atom stereocenters. The van der Waals surface area contributed by atoms with Gasteiger partial charge in [-0.15, -0.1) is 0 Å². The first-order chi connectivity index (χ1) is 13.6. The quantitative estimate of drug-likeness (QED) is 0.585. The highest BCUT2D eigenvalue weighted by Gasteiger charge is 2.24. The van der Waals surface area contributed by atoms with Crippen molar-refractivity contribution in [3.8, 4) is 11.4 Å². The fourth-order valence-electron chi connectivity index (χ4n) is 3.14. The van der Waals surface area contributed by atoms with Crippen molar-refractivity contribution >= 4 is 33.4 Å². The molecule has 0 radical (unpaired) electrons. The molecule has 2 aromatic carbocycles. The topological polar surface area (TPSA) is 62.5 Å². The predicted molar refractivity (Wildman–Crippen MR) is 110 cm³/mol. The van der Waals surface area contributed by atoms with E-state index in [1.54, 1.807) is 12.1 Å². The first-order valence-corrected chi connectivity index (χ1v) is 10.1. The maximum atomic E-state index is 12.7. The lowest BCUT2D eigenvalue weighted by molar-refractivity contribution is 0.0614. The van der Waals surface area contributed by atoms with E-state index in [-0.39, 0.29) is 5.91 Å². The van der Waals surface area contributed by atoms with Crippen LogP contribution in [0.2, 0.25) is 5.02 Å². The molecule has 1 saturated heterocycles. The van der Waals surface area contributed by atoms with E-state index < -0.39 is 0 Å². The Balaban J connectivity index is 1.34. The summed E-state index contributed by atoms with van der Waals surface area (Å²) < 4.78 is 6.21. The Morgan fingerprint density at radius 1 is 1.07 bits per heavy atom. The highest BCUT2D eigenvalue weighted by Crippen LogP contribution is 2.21. The molecule has 1 amide bonds. The summed E-state index contributed by atoms with van der Waals surface area (Å²) >= 11 is 9.37. The molecule has 4 rings (SSSR count). The van der Waals surface area contributed by atoms with Crippen LogP contribution in [-0.4, -0.2) is 52.0 Å². The average Bonchev–Trinajstić information content (AvgIpc) is 3.17. The van der Waals surface area contributed by atoms with Gasteiger partial charge in [0.1, 0.15) is 0 Å². The molecule has 3 aromatic rings. The second-order valence-electron chi connectivity index (χ2n) is 6.57. The van der Waals surface area contributed by atoms with Crippen molar-refractivity contribution < 1.29 is 9.32 Å². The molecule has 0 saturated carbocycles. The standard InChI is InChI=1S/C20H18BrClN4O2/c21-17-4-2-1-3-16(17)20(27)26-11-9-25(10-12-26)13-18-23-19(24-28-18)14-5-7-15(22)8-6-14/h1-8H,9-13H2. The second kappa shape index (κ2) is 8.43. The number of benzene rings is 2. The number of halogens is 2. The van der Waals surface area contributed by atoms with Gasteiger partial charge in [0.2, 0.25) is 11.7 Å². The highest BCUT2D eigenvalue weighted by atomic mass is 79.9. The third-order valence-corrected chi connectivity index (χ3v) is 5.64. The van der Waals surface area contributed by atoms with E-state index in [9.17, 15) is 4.79 Å². The Morgan fingerprint density at radius 2 is 1.79 bits per heavy atom. The van der Waals surface area contributed by atoms with Crippen molar-refractivity contribution in [3.63, 3.8) is 0 Å². The van der Waals surface area contributed by atoms with Gasteiger partial charge in [-0.05, 0) is 52.3 Å². The van der Waals surface area contributed by atoms with Crippen molar-refractivity contribution in [2.75, 3.05) is 26.2 Å². The number of rotatable bonds is 4. The van der Waals surface area contributed by atoms with Crippen LogP contribution >= 0.6 is 27.5 Å². The predicted octanol–water partition coefficient (Wildman–Crippen LogP) is 4.11. The number of carbonyl (C=O) groups is 1. The van der Waals surface area contributed by atoms with Gasteiger partial charge in [-0.2, -0.15) is 4.98 Å². The zero-order chi connectivity index (χ0) is 19.5. The number of carbonyl (C=O) groups excluding carboxylic acids is 1. The van der Waals surface area contributed by atoms with Gasteiger partial charge in [0.15, 0.2) is 0 Å². The lowest BCUT2D eigenvalue weighted by Crippen LogP contribution is -2.48.